The number of methoxy groups -OCH3 is 1. The average molecular weight is 448 g/mol. The lowest BCUT2D eigenvalue weighted by Gasteiger charge is -2.27. The van der Waals surface area contributed by atoms with Crippen LogP contribution < -0.4 is 4.74 Å². The van der Waals surface area contributed by atoms with E-state index < -0.39 is 0 Å². The van der Waals surface area contributed by atoms with Crippen molar-refractivity contribution in [2.45, 2.75) is 57.5 Å². The zero-order valence-corrected chi connectivity index (χ0v) is 19.5. The molecule has 1 fully saturated rings. The largest absolute Gasteiger partial charge is 0.495 e. The number of pyridine rings is 1. The quantitative estimate of drug-likeness (QED) is 0.468. The number of aliphatic hydroxyl groups is 1. The van der Waals surface area contributed by atoms with Crippen LogP contribution in [0, 0.1) is 5.92 Å². The highest BCUT2D eigenvalue weighted by Gasteiger charge is 2.23. The van der Waals surface area contributed by atoms with Gasteiger partial charge in [-0.1, -0.05) is 37.1 Å². The summed E-state index contributed by atoms with van der Waals surface area (Å²) >= 11 is 0. The summed E-state index contributed by atoms with van der Waals surface area (Å²) in [7, 11) is 3.54. The number of ketones is 1. The number of carbonyl (C=O) groups excluding carboxylic acids is 1. The predicted molar refractivity (Wildman–Crippen MR) is 128 cm³/mol. The molecule has 1 aliphatic rings. The van der Waals surface area contributed by atoms with Crippen molar-refractivity contribution in [2.24, 2.45) is 13.0 Å². The summed E-state index contributed by atoms with van der Waals surface area (Å²) in [5.74, 6) is 1.07. The van der Waals surface area contributed by atoms with E-state index in [0.29, 0.717) is 30.2 Å². The highest BCUT2D eigenvalue weighted by Crippen LogP contribution is 2.29. The van der Waals surface area contributed by atoms with Crippen LogP contribution in [0.2, 0.25) is 0 Å². The van der Waals surface area contributed by atoms with E-state index >= 15 is 0 Å². The standard InChI is InChI=1S/C27H33N3O3/c1-30-18-23(16-29-30)20-12-10-19(11-13-20)14-22-15-24(28-17-27(22)33-2)26(32)9-5-7-21-6-3-4-8-25(21)31/h10-13,15-18,21,25,31H,3-9,14H2,1-2H3/t21-,25+/m1/s1. The minimum atomic E-state index is -0.205. The lowest BCUT2D eigenvalue weighted by Crippen LogP contribution is -2.24. The van der Waals surface area contributed by atoms with Gasteiger partial charge in [0.1, 0.15) is 11.4 Å². The van der Waals surface area contributed by atoms with Crippen LogP contribution >= 0.6 is 0 Å². The first-order valence-corrected chi connectivity index (χ1v) is 11.9. The van der Waals surface area contributed by atoms with Gasteiger partial charge in [0.2, 0.25) is 0 Å². The van der Waals surface area contributed by atoms with Crippen LogP contribution in [0.5, 0.6) is 5.75 Å². The van der Waals surface area contributed by atoms with Crippen LogP contribution in [0.15, 0.2) is 48.9 Å². The van der Waals surface area contributed by atoms with Gasteiger partial charge in [0, 0.05) is 37.2 Å². The molecule has 2 heterocycles. The fourth-order valence-electron chi connectivity index (χ4n) is 4.74. The normalized spacial score (nSPS) is 18.3. The van der Waals surface area contributed by atoms with E-state index in [9.17, 15) is 9.90 Å². The van der Waals surface area contributed by atoms with Crippen LogP contribution in [-0.2, 0) is 13.5 Å². The Morgan fingerprint density at radius 2 is 1.94 bits per heavy atom. The highest BCUT2D eigenvalue weighted by molar-refractivity contribution is 5.94. The van der Waals surface area contributed by atoms with Crippen LogP contribution in [0.1, 0.15) is 66.6 Å². The number of aromatic nitrogens is 3. The van der Waals surface area contributed by atoms with Gasteiger partial charge in [-0.05, 0) is 48.8 Å². The van der Waals surface area contributed by atoms with E-state index in [0.717, 1.165) is 54.4 Å². The third-order valence-electron chi connectivity index (χ3n) is 6.69. The van der Waals surface area contributed by atoms with Crippen molar-refractivity contribution in [1.29, 1.82) is 0 Å². The van der Waals surface area contributed by atoms with Gasteiger partial charge in [0.25, 0.3) is 0 Å². The first-order valence-electron chi connectivity index (χ1n) is 11.9. The molecule has 0 spiro atoms. The maximum Gasteiger partial charge on any atom is 0.181 e. The van der Waals surface area contributed by atoms with Crippen molar-refractivity contribution in [2.75, 3.05) is 7.11 Å². The van der Waals surface area contributed by atoms with Gasteiger partial charge in [-0.2, -0.15) is 5.10 Å². The van der Waals surface area contributed by atoms with Gasteiger partial charge in [-0.25, -0.2) is 4.98 Å². The van der Waals surface area contributed by atoms with E-state index in [1.807, 2.05) is 25.5 Å². The summed E-state index contributed by atoms with van der Waals surface area (Å²) in [6.07, 6.45) is 12.4. The molecule has 2 atom stereocenters. The molecule has 1 saturated carbocycles. The lowest BCUT2D eigenvalue weighted by molar-refractivity contribution is 0.0632. The summed E-state index contributed by atoms with van der Waals surface area (Å²) in [6.45, 7) is 0. The van der Waals surface area contributed by atoms with Crippen LogP contribution in [0.3, 0.4) is 0 Å². The smallest absolute Gasteiger partial charge is 0.181 e. The van der Waals surface area contributed by atoms with E-state index in [2.05, 4.69) is 34.3 Å². The zero-order valence-electron chi connectivity index (χ0n) is 19.5. The third kappa shape index (κ3) is 5.88. The first kappa shape index (κ1) is 23.2. The van der Waals surface area contributed by atoms with E-state index in [4.69, 9.17) is 4.74 Å². The first-order chi connectivity index (χ1) is 16.0. The number of Topliss-reactive ketones (excluding diaryl/α,β-unsaturated/α-hetero) is 1. The average Bonchev–Trinajstić information content (AvgIpc) is 3.27. The van der Waals surface area contributed by atoms with Crippen LogP contribution in [0.25, 0.3) is 11.1 Å². The Morgan fingerprint density at radius 1 is 1.15 bits per heavy atom. The molecule has 174 valence electrons. The van der Waals surface area contributed by atoms with Crippen molar-refractivity contribution >= 4 is 5.78 Å². The summed E-state index contributed by atoms with van der Waals surface area (Å²) < 4.78 is 7.30. The van der Waals surface area contributed by atoms with E-state index in [-0.39, 0.29) is 11.9 Å². The molecule has 6 heteroatoms. The molecular formula is C27H33N3O3. The molecule has 1 N–H and O–H groups in total. The highest BCUT2D eigenvalue weighted by atomic mass is 16.5. The number of carbonyl (C=O) groups is 1. The maximum absolute atomic E-state index is 12.8. The summed E-state index contributed by atoms with van der Waals surface area (Å²) in [5, 5.41) is 14.4. The fourth-order valence-corrected chi connectivity index (χ4v) is 4.74. The Bertz CT molecular complexity index is 1070. The van der Waals surface area contributed by atoms with Crippen molar-refractivity contribution in [1.82, 2.24) is 14.8 Å². The van der Waals surface area contributed by atoms with Gasteiger partial charge in [-0.3, -0.25) is 9.48 Å². The second-order valence-electron chi connectivity index (χ2n) is 9.09. The van der Waals surface area contributed by atoms with E-state index in [1.165, 1.54) is 6.42 Å². The second-order valence-corrected chi connectivity index (χ2v) is 9.09. The number of ether oxygens (including phenoxy) is 1. The second kappa shape index (κ2) is 10.8. The summed E-state index contributed by atoms with van der Waals surface area (Å²) in [6, 6.07) is 10.2. The molecule has 1 aliphatic carbocycles. The minimum Gasteiger partial charge on any atom is -0.495 e. The van der Waals surface area contributed by atoms with Crippen molar-refractivity contribution in [3.05, 3.63) is 65.7 Å². The Labute approximate surface area is 195 Å². The lowest BCUT2D eigenvalue weighted by atomic mass is 9.83. The van der Waals surface area contributed by atoms with Crippen molar-refractivity contribution in [3.63, 3.8) is 0 Å². The molecule has 0 aliphatic heterocycles. The van der Waals surface area contributed by atoms with Gasteiger partial charge < -0.3 is 9.84 Å². The molecule has 0 radical (unpaired) electrons. The van der Waals surface area contributed by atoms with Crippen molar-refractivity contribution in [3.8, 4) is 16.9 Å². The summed E-state index contributed by atoms with van der Waals surface area (Å²) in [5.41, 5.74) is 4.78. The zero-order chi connectivity index (χ0) is 23.2. The number of aryl methyl sites for hydroxylation is 1. The Hall–Kier alpha value is -2.99. The van der Waals surface area contributed by atoms with Gasteiger partial charge in [0.15, 0.2) is 5.78 Å². The molecule has 0 amide bonds. The minimum absolute atomic E-state index is 0.0520. The molecule has 0 saturated heterocycles. The SMILES string of the molecule is COc1cnc(C(=O)CCC[C@H]2CCCC[C@@H]2O)cc1Cc1ccc(-c2cnn(C)c2)cc1. The van der Waals surface area contributed by atoms with Crippen LogP contribution in [-0.4, -0.2) is 38.9 Å². The molecule has 33 heavy (non-hydrogen) atoms. The van der Waals surface area contributed by atoms with Crippen molar-refractivity contribution < 1.29 is 14.6 Å². The molecule has 1 aromatic carbocycles. The van der Waals surface area contributed by atoms with Gasteiger partial charge >= 0.3 is 0 Å². The number of benzene rings is 1. The fraction of sp³-hybridized carbons (Fsp3) is 0.444. The number of hydrogen-bond donors (Lipinski definition) is 1. The Morgan fingerprint density at radius 3 is 2.64 bits per heavy atom. The molecule has 0 unspecified atom stereocenters. The number of nitrogens with zero attached hydrogens (tertiary/aromatic N) is 3. The number of rotatable bonds is 9. The molecule has 6 nitrogen and oxygen atoms in total. The maximum atomic E-state index is 12.8. The third-order valence-corrected chi connectivity index (χ3v) is 6.69. The molecular weight excluding hydrogens is 414 g/mol. The van der Waals surface area contributed by atoms with Crippen LogP contribution in [0.4, 0.5) is 0 Å². The molecule has 0 bridgehead atoms. The summed E-state index contributed by atoms with van der Waals surface area (Å²) in [4.78, 5) is 17.2. The number of aliphatic hydroxyl groups excluding tert-OH is 1. The van der Waals surface area contributed by atoms with E-state index in [1.54, 1.807) is 18.0 Å². The topological polar surface area (TPSA) is 77.2 Å². The predicted octanol–water partition coefficient (Wildman–Crippen LogP) is 4.99. The van der Waals surface area contributed by atoms with Gasteiger partial charge in [-0.15, -0.1) is 0 Å². The molecule has 2 aromatic heterocycles. The Balaban J connectivity index is 1.40. The molecule has 4 rings (SSSR count). The van der Waals surface area contributed by atoms with Gasteiger partial charge in [0.05, 0.1) is 25.6 Å². The monoisotopic (exact) mass is 447 g/mol. The molecule has 3 aromatic rings. The Kier molecular flexibility index (Phi) is 7.55. The number of hydrogen-bond acceptors (Lipinski definition) is 5.